The van der Waals surface area contributed by atoms with Crippen LogP contribution in [0.15, 0.2) is 89.3 Å². The van der Waals surface area contributed by atoms with E-state index in [-0.39, 0.29) is 30.4 Å². The molecular formula is C52H64N8O5S. The Morgan fingerprint density at radius 3 is 2.30 bits per heavy atom. The molecule has 0 bridgehead atoms. The normalized spacial score (nSPS) is 14.9. The van der Waals surface area contributed by atoms with Crippen LogP contribution in [-0.2, 0) is 19.1 Å². The van der Waals surface area contributed by atoms with E-state index in [2.05, 4.69) is 92.2 Å². The van der Waals surface area contributed by atoms with Crippen molar-refractivity contribution in [1.29, 1.82) is 0 Å². The first-order valence-corrected chi connectivity index (χ1v) is 23.9. The molecule has 0 aliphatic carbocycles. The Labute approximate surface area is 393 Å². The molecule has 348 valence electrons. The number of nitrogens with one attached hydrogen (secondary N) is 2. The van der Waals surface area contributed by atoms with E-state index >= 15 is 0 Å². The molecule has 3 aromatic carbocycles. The first-order valence-electron chi connectivity index (χ1n) is 23.0. The number of likely N-dealkylation sites (tertiary alicyclic amines) is 1. The fourth-order valence-electron chi connectivity index (χ4n) is 8.74. The number of aryl methyl sites for hydroxylation is 5. The van der Waals surface area contributed by atoms with Crippen LogP contribution in [0.5, 0.6) is 0 Å². The molecule has 0 unspecified atom stereocenters. The van der Waals surface area contributed by atoms with Crippen molar-refractivity contribution in [3.63, 3.8) is 0 Å². The minimum atomic E-state index is -0.828. The molecular weight excluding hydrogens is 849 g/mol. The Balaban J connectivity index is 0.916. The number of hydrogen-bond acceptors (Lipinski definition) is 10. The highest BCUT2D eigenvalue weighted by Crippen LogP contribution is 2.36. The lowest BCUT2D eigenvalue weighted by Crippen LogP contribution is -2.58. The van der Waals surface area contributed by atoms with Crippen LogP contribution in [0.2, 0.25) is 0 Å². The van der Waals surface area contributed by atoms with Crippen LogP contribution in [0.4, 0.5) is 11.4 Å². The summed E-state index contributed by atoms with van der Waals surface area (Å²) in [4.78, 5) is 55.1. The number of thiazole rings is 1. The molecule has 2 N–H and O–H groups in total. The number of carbonyl (C=O) groups excluding carboxylic acids is 3. The Morgan fingerprint density at radius 2 is 1.65 bits per heavy atom. The van der Waals surface area contributed by atoms with Gasteiger partial charge >= 0.3 is 0 Å². The highest BCUT2D eigenvalue weighted by atomic mass is 32.1. The van der Waals surface area contributed by atoms with Gasteiger partial charge in [0.05, 0.1) is 39.8 Å². The van der Waals surface area contributed by atoms with Gasteiger partial charge in [0.1, 0.15) is 24.5 Å². The number of carbonyl (C=O) groups is 3. The van der Waals surface area contributed by atoms with E-state index in [1.165, 1.54) is 0 Å². The van der Waals surface area contributed by atoms with Crippen molar-refractivity contribution in [3.8, 4) is 27.3 Å². The van der Waals surface area contributed by atoms with Gasteiger partial charge in [-0.3, -0.25) is 14.4 Å². The van der Waals surface area contributed by atoms with Crippen molar-refractivity contribution < 1.29 is 23.6 Å². The van der Waals surface area contributed by atoms with Crippen LogP contribution in [0, 0.1) is 40.0 Å². The average molecular weight is 913 g/mol. The highest BCUT2D eigenvalue weighted by Gasteiger charge is 2.42. The smallest absolute Gasteiger partial charge is 0.246 e. The first-order chi connectivity index (χ1) is 31.6. The second-order valence-electron chi connectivity index (χ2n) is 18.6. The van der Waals surface area contributed by atoms with Gasteiger partial charge in [0.15, 0.2) is 0 Å². The van der Waals surface area contributed by atoms with Gasteiger partial charge in [-0.05, 0) is 132 Å². The second-order valence-corrected chi connectivity index (χ2v) is 19.4. The Kier molecular flexibility index (Phi) is 15.2. The zero-order valence-electron chi connectivity index (χ0n) is 39.8. The molecule has 1 fully saturated rings. The molecule has 1 aliphatic heterocycles. The average Bonchev–Trinajstić information content (AvgIpc) is 4.12. The number of hydrogen-bond donors (Lipinski definition) is 2. The lowest BCUT2D eigenvalue weighted by atomic mass is 9.85. The van der Waals surface area contributed by atoms with Gasteiger partial charge in [0.2, 0.25) is 17.7 Å². The summed E-state index contributed by atoms with van der Waals surface area (Å²) in [7, 11) is 0. The van der Waals surface area contributed by atoms with Gasteiger partial charge in [-0.2, -0.15) is 0 Å². The van der Waals surface area contributed by atoms with Crippen molar-refractivity contribution >= 4 is 40.4 Å². The second kappa shape index (κ2) is 21.0. The van der Waals surface area contributed by atoms with Crippen LogP contribution < -0.4 is 15.5 Å². The Hall–Kier alpha value is -6.12. The molecule has 4 heterocycles. The quantitative estimate of drug-likeness (QED) is 0.0805. The van der Waals surface area contributed by atoms with Gasteiger partial charge in [0, 0.05) is 48.5 Å². The lowest BCUT2D eigenvalue weighted by molar-refractivity contribution is -0.144. The van der Waals surface area contributed by atoms with Crippen LogP contribution in [0.1, 0.15) is 99.8 Å². The number of aromatic nitrogens is 4. The zero-order chi connectivity index (χ0) is 47.1. The number of ether oxygens (including phenoxy) is 1. The maximum absolute atomic E-state index is 14.2. The molecule has 66 heavy (non-hydrogen) atoms. The summed E-state index contributed by atoms with van der Waals surface area (Å²) < 4.78 is 13.4. The molecule has 1 saturated heterocycles. The van der Waals surface area contributed by atoms with Gasteiger partial charge in [-0.25, -0.2) is 9.97 Å². The largest absolute Gasteiger partial charge is 0.372 e. The predicted molar refractivity (Wildman–Crippen MR) is 261 cm³/mol. The molecule has 14 heteroatoms. The predicted octanol–water partition coefficient (Wildman–Crippen LogP) is 9.92. The topological polar surface area (TPSA) is 148 Å². The monoisotopic (exact) mass is 912 g/mol. The van der Waals surface area contributed by atoms with Crippen molar-refractivity contribution in [2.45, 2.75) is 113 Å². The number of nitrogens with zero attached hydrogens (tertiary/aromatic N) is 6. The molecule has 3 amide bonds. The summed E-state index contributed by atoms with van der Waals surface area (Å²) in [6, 6.07) is 21.5. The van der Waals surface area contributed by atoms with Gasteiger partial charge in [-0.1, -0.05) is 62.3 Å². The van der Waals surface area contributed by atoms with Crippen LogP contribution in [-0.4, -0.2) is 80.7 Å². The van der Waals surface area contributed by atoms with Crippen LogP contribution in [0.3, 0.4) is 0 Å². The third kappa shape index (κ3) is 11.3. The molecule has 3 aromatic heterocycles. The highest BCUT2D eigenvalue weighted by molar-refractivity contribution is 7.13. The van der Waals surface area contributed by atoms with E-state index in [1.807, 2.05) is 90.1 Å². The Bertz CT molecular complexity index is 2590. The fourth-order valence-corrected chi connectivity index (χ4v) is 9.55. The van der Waals surface area contributed by atoms with E-state index in [0.717, 1.165) is 98.4 Å². The van der Waals surface area contributed by atoms with Crippen molar-refractivity contribution in [1.82, 2.24) is 35.2 Å². The third-order valence-electron chi connectivity index (χ3n) is 12.4. The fraction of sp³-hybridized carbons (Fsp3) is 0.423. The molecule has 1 aliphatic rings. The van der Waals surface area contributed by atoms with E-state index < -0.39 is 17.5 Å². The standard InChI is InChI=1S/C52H64N8O5S/c1-33-15-16-41(47-36(4)57-65-38(47)6)28-45(33)59(43-23-21-42(22-24-43)58-29-34(2)53-31-58)25-11-10-12-27-64-30-46(61)56-49(52(7,8)9)51(63)60-26-13-14-44(60)50(62)55-35(3)39-17-19-40(20-18-39)48-37(5)54-32-66-48/h15-24,28-29,31-32,35,44,49H,10-14,25-27,30H2,1-9H3,(H,55,62)(H,56,61)/t35-,44-,49+/m0/s1. The summed E-state index contributed by atoms with van der Waals surface area (Å²) in [6.07, 6.45) is 7.64. The van der Waals surface area contributed by atoms with Crippen molar-refractivity contribution in [2.75, 3.05) is 31.2 Å². The maximum Gasteiger partial charge on any atom is 0.246 e. The van der Waals surface area contributed by atoms with E-state index in [9.17, 15) is 14.4 Å². The summed E-state index contributed by atoms with van der Waals surface area (Å²) in [6.45, 7) is 19.2. The molecule has 0 saturated carbocycles. The number of unbranched alkanes of at least 4 members (excludes halogenated alkanes) is 2. The van der Waals surface area contributed by atoms with Crippen LogP contribution >= 0.6 is 11.3 Å². The molecule has 0 spiro atoms. The Morgan fingerprint density at radius 1 is 0.909 bits per heavy atom. The van der Waals surface area contributed by atoms with Crippen molar-refractivity contribution in [3.05, 3.63) is 119 Å². The first kappa shape index (κ1) is 47.8. The molecule has 3 atom stereocenters. The van der Waals surface area contributed by atoms with Crippen molar-refractivity contribution in [2.24, 2.45) is 5.41 Å². The number of benzene rings is 3. The molecule has 13 nitrogen and oxygen atoms in total. The van der Waals surface area contributed by atoms with E-state index in [1.54, 1.807) is 16.2 Å². The van der Waals surface area contributed by atoms with Gasteiger partial charge in [-0.15, -0.1) is 11.3 Å². The van der Waals surface area contributed by atoms with Gasteiger partial charge in [0.25, 0.3) is 0 Å². The van der Waals surface area contributed by atoms with E-state index in [4.69, 9.17) is 9.26 Å². The summed E-state index contributed by atoms with van der Waals surface area (Å²) in [5.74, 6) is -0.0209. The minimum Gasteiger partial charge on any atom is -0.372 e. The number of amides is 3. The summed E-state index contributed by atoms with van der Waals surface area (Å²) >= 11 is 1.60. The lowest BCUT2D eigenvalue weighted by Gasteiger charge is -2.35. The maximum atomic E-state index is 14.2. The van der Waals surface area contributed by atoms with Crippen LogP contribution in [0.25, 0.3) is 27.3 Å². The SMILES string of the molecule is Cc1cn(-c2ccc(N(CCCCCOCC(=O)N[C@H](C(=O)N3CCC[C@H]3C(=O)N[C@@H](C)c3ccc(-c4scnc4C)cc3)C(C)(C)C)c3cc(-c4c(C)noc4C)ccc3C)cc2)cn1. The summed E-state index contributed by atoms with van der Waals surface area (Å²) in [5.41, 5.74) is 12.6. The number of anilines is 2. The minimum absolute atomic E-state index is 0.161. The molecule has 6 aromatic rings. The zero-order valence-corrected chi connectivity index (χ0v) is 40.6. The number of rotatable bonds is 18. The third-order valence-corrected chi connectivity index (χ3v) is 13.4. The van der Waals surface area contributed by atoms with Gasteiger partial charge < -0.3 is 34.3 Å². The number of imidazole rings is 1. The molecule has 0 radical (unpaired) electrons. The van der Waals surface area contributed by atoms with E-state index in [0.29, 0.717) is 26.0 Å². The molecule has 7 rings (SSSR count). The summed E-state index contributed by atoms with van der Waals surface area (Å²) in [5, 5.41) is 10.3.